The number of H-pyrrole nitrogens is 1. The molecule has 0 aliphatic rings. The molecule has 4 aromatic rings. The molecule has 134 valence electrons. The summed E-state index contributed by atoms with van der Waals surface area (Å²) in [6.07, 6.45) is 0. The summed E-state index contributed by atoms with van der Waals surface area (Å²) in [6, 6.07) is 20.9. The highest BCUT2D eigenvalue weighted by Gasteiger charge is 2.12. The second-order valence-corrected chi connectivity index (χ2v) is 6.34. The number of carbonyl (C=O) groups is 1. The molecule has 1 amide bonds. The lowest BCUT2D eigenvalue weighted by atomic mass is 10.1. The molecule has 2 N–H and O–H groups in total. The van der Waals surface area contributed by atoms with E-state index in [-0.39, 0.29) is 5.91 Å². The van der Waals surface area contributed by atoms with Crippen LogP contribution >= 0.6 is 0 Å². The first-order valence-electron chi connectivity index (χ1n) is 8.65. The van der Waals surface area contributed by atoms with Crippen molar-refractivity contribution >= 4 is 22.6 Å². The molecule has 0 saturated carbocycles. The van der Waals surface area contributed by atoms with Crippen molar-refractivity contribution in [1.82, 2.24) is 9.97 Å². The minimum atomic E-state index is -0.218. The molecule has 0 aliphatic carbocycles. The zero-order valence-electron chi connectivity index (χ0n) is 15.1. The molecular formula is C22H19N3O2. The standard InChI is InChI=1S/C22H19N3O2/c1-14-10-11-18-19(12-14)25-21(24-18)15-6-5-7-16(13-15)23-22(26)17-8-3-4-9-20(17)27-2/h3-13H,1-2H3,(H,23,26)(H,24,25). The third-order valence-corrected chi connectivity index (χ3v) is 4.38. The summed E-state index contributed by atoms with van der Waals surface area (Å²) >= 11 is 0. The van der Waals surface area contributed by atoms with Crippen LogP contribution in [0.5, 0.6) is 5.75 Å². The number of para-hydroxylation sites is 1. The molecule has 0 fully saturated rings. The second kappa shape index (κ2) is 6.96. The van der Waals surface area contributed by atoms with E-state index < -0.39 is 0 Å². The van der Waals surface area contributed by atoms with Crippen LogP contribution in [0.3, 0.4) is 0 Å². The maximum absolute atomic E-state index is 12.6. The molecule has 0 unspecified atom stereocenters. The fourth-order valence-electron chi connectivity index (χ4n) is 3.04. The Morgan fingerprint density at radius 2 is 1.89 bits per heavy atom. The normalized spacial score (nSPS) is 10.7. The number of anilines is 1. The van der Waals surface area contributed by atoms with Crippen molar-refractivity contribution in [2.24, 2.45) is 0 Å². The van der Waals surface area contributed by atoms with Gasteiger partial charge in [-0.25, -0.2) is 4.98 Å². The number of aromatic amines is 1. The van der Waals surface area contributed by atoms with Crippen molar-refractivity contribution in [3.63, 3.8) is 0 Å². The third-order valence-electron chi connectivity index (χ3n) is 4.38. The van der Waals surface area contributed by atoms with Crippen LogP contribution < -0.4 is 10.1 Å². The van der Waals surface area contributed by atoms with Gasteiger partial charge >= 0.3 is 0 Å². The zero-order valence-corrected chi connectivity index (χ0v) is 15.1. The lowest BCUT2D eigenvalue weighted by Gasteiger charge is -2.09. The number of rotatable bonds is 4. The van der Waals surface area contributed by atoms with Crippen molar-refractivity contribution in [3.05, 3.63) is 77.9 Å². The molecule has 1 aromatic heterocycles. The Bertz CT molecular complexity index is 1130. The molecule has 0 aliphatic heterocycles. The Morgan fingerprint density at radius 3 is 2.74 bits per heavy atom. The number of nitrogens with zero attached hydrogens (tertiary/aromatic N) is 1. The number of imidazole rings is 1. The summed E-state index contributed by atoms with van der Waals surface area (Å²) < 4.78 is 5.26. The molecule has 1 heterocycles. The summed E-state index contributed by atoms with van der Waals surface area (Å²) in [5.41, 5.74) is 5.18. The predicted octanol–water partition coefficient (Wildman–Crippen LogP) is 4.80. The highest BCUT2D eigenvalue weighted by atomic mass is 16.5. The number of hydrogen-bond acceptors (Lipinski definition) is 3. The van der Waals surface area contributed by atoms with Crippen molar-refractivity contribution in [2.75, 3.05) is 12.4 Å². The predicted molar refractivity (Wildman–Crippen MR) is 107 cm³/mol. The third kappa shape index (κ3) is 3.40. The minimum Gasteiger partial charge on any atom is -0.496 e. The first kappa shape index (κ1) is 16.8. The molecule has 0 bridgehead atoms. The van der Waals surface area contributed by atoms with E-state index in [0.717, 1.165) is 22.4 Å². The summed E-state index contributed by atoms with van der Waals surface area (Å²) in [7, 11) is 1.55. The molecule has 27 heavy (non-hydrogen) atoms. The lowest BCUT2D eigenvalue weighted by molar-refractivity contribution is 0.102. The topological polar surface area (TPSA) is 67.0 Å². The summed E-state index contributed by atoms with van der Waals surface area (Å²) in [5, 5.41) is 2.93. The number of hydrogen-bond donors (Lipinski definition) is 2. The van der Waals surface area contributed by atoms with Crippen LogP contribution in [0.15, 0.2) is 66.7 Å². The molecule has 0 saturated heterocycles. The monoisotopic (exact) mass is 357 g/mol. The Labute approximate surface area is 157 Å². The van der Waals surface area contributed by atoms with Crippen LogP contribution in [0, 0.1) is 6.92 Å². The van der Waals surface area contributed by atoms with Crippen LogP contribution in [0.4, 0.5) is 5.69 Å². The molecule has 0 radical (unpaired) electrons. The van der Waals surface area contributed by atoms with Gasteiger partial charge in [0.2, 0.25) is 0 Å². The van der Waals surface area contributed by atoms with Crippen molar-refractivity contribution in [2.45, 2.75) is 6.92 Å². The minimum absolute atomic E-state index is 0.218. The fourth-order valence-corrected chi connectivity index (χ4v) is 3.04. The van der Waals surface area contributed by atoms with E-state index in [2.05, 4.69) is 21.4 Å². The van der Waals surface area contributed by atoms with Gasteiger partial charge in [0.25, 0.3) is 5.91 Å². The van der Waals surface area contributed by atoms with Gasteiger partial charge in [0.15, 0.2) is 0 Å². The Kier molecular flexibility index (Phi) is 4.34. The SMILES string of the molecule is COc1ccccc1C(=O)Nc1cccc(-c2nc3ccc(C)cc3[nH]2)c1. The summed E-state index contributed by atoms with van der Waals surface area (Å²) in [4.78, 5) is 20.6. The fraction of sp³-hybridized carbons (Fsp3) is 0.0909. The van der Waals surface area contributed by atoms with Gasteiger partial charge in [-0.05, 0) is 48.9 Å². The Morgan fingerprint density at radius 1 is 1.04 bits per heavy atom. The maximum Gasteiger partial charge on any atom is 0.259 e. The molecule has 5 heteroatoms. The van der Waals surface area contributed by atoms with Crippen LogP contribution in [0.25, 0.3) is 22.4 Å². The average molecular weight is 357 g/mol. The van der Waals surface area contributed by atoms with Crippen LogP contribution in [-0.2, 0) is 0 Å². The van der Waals surface area contributed by atoms with Gasteiger partial charge in [0.1, 0.15) is 11.6 Å². The number of nitrogens with one attached hydrogen (secondary N) is 2. The molecule has 0 atom stereocenters. The number of fused-ring (bicyclic) bond motifs is 1. The number of amides is 1. The van der Waals surface area contributed by atoms with Crippen LogP contribution in [0.1, 0.15) is 15.9 Å². The van der Waals surface area contributed by atoms with E-state index in [9.17, 15) is 4.79 Å². The van der Waals surface area contributed by atoms with Crippen molar-refractivity contribution in [3.8, 4) is 17.1 Å². The molecule has 5 nitrogen and oxygen atoms in total. The van der Waals surface area contributed by atoms with E-state index in [1.165, 1.54) is 5.56 Å². The molecule has 3 aromatic carbocycles. The van der Waals surface area contributed by atoms with Crippen LogP contribution in [-0.4, -0.2) is 23.0 Å². The van der Waals surface area contributed by atoms with Gasteiger partial charge in [-0.1, -0.05) is 30.3 Å². The van der Waals surface area contributed by atoms with E-state index >= 15 is 0 Å². The Balaban J connectivity index is 1.63. The number of aryl methyl sites for hydroxylation is 1. The average Bonchev–Trinajstić information content (AvgIpc) is 3.11. The number of carbonyl (C=O) groups excluding carboxylic acids is 1. The zero-order chi connectivity index (χ0) is 18.8. The van der Waals surface area contributed by atoms with Gasteiger partial charge in [0, 0.05) is 11.3 Å². The number of ether oxygens (including phenoxy) is 1. The first-order valence-corrected chi connectivity index (χ1v) is 8.65. The number of methoxy groups -OCH3 is 1. The quantitative estimate of drug-likeness (QED) is 0.551. The lowest BCUT2D eigenvalue weighted by Crippen LogP contribution is -2.13. The smallest absolute Gasteiger partial charge is 0.259 e. The van der Waals surface area contributed by atoms with Gasteiger partial charge in [-0.3, -0.25) is 4.79 Å². The first-order chi connectivity index (χ1) is 13.1. The van der Waals surface area contributed by atoms with Gasteiger partial charge < -0.3 is 15.0 Å². The van der Waals surface area contributed by atoms with E-state index in [1.807, 2.05) is 55.5 Å². The Hall–Kier alpha value is -3.60. The highest BCUT2D eigenvalue weighted by molar-refractivity contribution is 6.06. The van der Waals surface area contributed by atoms with Gasteiger partial charge in [-0.15, -0.1) is 0 Å². The highest BCUT2D eigenvalue weighted by Crippen LogP contribution is 2.25. The van der Waals surface area contributed by atoms with Gasteiger partial charge in [0.05, 0.1) is 23.7 Å². The number of benzene rings is 3. The van der Waals surface area contributed by atoms with Crippen LogP contribution in [0.2, 0.25) is 0 Å². The van der Waals surface area contributed by atoms with Crippen molar-refractivity contribution in [1.29, 1.82) is 0 Å². The largest absolute Gasteiger partial charge is 0.496 e. The molecular weight excluding hydrogens is 338 g/mol. The van der Waals surface area contributed by atoms with E-state index in [4.69, 9.17) is 4.74 Å². The van der Waals surface area contributed by atoms with E-state index in [1.54, 1.807) is 19.2 Å². The molecule has 0 spiro atoms. The second-order valence-electron chi connectivity index (χ2n) is 6.34. The number of aromatic nitrogens is 2. The van der Waals surface area contributed by atoms with E-state index in [0.29, 0.717) is 17.0 Å². The van der Waals surface area contributed by atoms with Crippen molar-refractivity contribution < 1.29 is 9.53 Å². The molecule has 4 rings (SSSR count). The summed E-state index contributed by atoms with van der Waals surface area (Å²) in [5.74, 6) is 1.09. The maximum atomic E-state index is 12.6. The summed E-state index contributed by atoms with van der Waals surface area (Å²) in [6.45, 7) is 2.05. The van der Waals surface area contributed by atoms with Gasteiger partial charge in [-0.2, -0.15) is 0 Å².